The zero-order chi connectivity index (χ0) is 19.5. The van der Waals surface area contributed by atoms with Crippen molar-refractivity contribution in [3.05, 3.63) is 35.9 Å². The molecule has 2 saturated carbocycles. The smallest absolute Gasteiger partial charge is 0.0689 e. The maximum Gasteiger partial charge on any atom is 0.0689 e. The van der Waals surface area contributed by atoms with E-state index in [4.69, 9.17) is 4.74 Å². The van der Waals surface area contributed by atoms with Gasteiger partial charge in [-0.1, -0.05) is 51.1 Å². The first-order valence-corrected chi connectivity index (χ1v) is 10.5. The quantitative estimate of drug-likeness (QED) is 0.658. The Labute approximate surface area is 164 Å². The van der Waals surface area contributed by atoms with Gasteiger partial charge in [0.1, 0.15) is 0 Å². The Morgan fingerprint density at radius 3 is 2.56 bits per heavy atom. The van der Waals surface area contributed by atoms with E-state index in [9.17, 15) is 10.2 Å². The lowest BCUT2D eigenvalue weighted by atomic mass is 9.70. The van der Waals surface area contributed by atoms with Crippen molar-refractivity contribution in [1.29, 1.82) is 0 Å². The third kappa shape index (κ3) is 4.40. The summed E-state index contributed by atoms with van der Waals surface area (Å²) < 4.78 is 6.28. The van der Waals surface area contributed by atoms with Crippen molar-refractivity contribution < 1.29 is 14.9 Å². The van der Waals surface area contributed by atoms with Crippen molar-refractivity contribution in [2.75, 3.05) is 26.3 Å². The molecule has 0 spiro atoms. The van der Waals surface area contributed by atoms with Crippen LogP contribution in [0.15, 0.2) is 30.3 Å². The summed E-state index contributed by atoms with van der Waals surface area (Å²) in [5.74, 6) is 0.781. The van der Waals surface area contributed by atoms with Crippen LogP contribution >= 0.6 is 0 Å². The second-order valence-electron chi connectivity index (χ2n) is 9.36. The maximum absolute atomic E-state index is 10.5. The number of aliphatic hydroxyl groups excluding tert-OH is 2. The van der Waals surface area contributed by atoms with Crippen molar-refractivity contribution in [1.82, 2.24) is 4.90 Å². The number of nitrogens with zero attached hydrogens (tertiary/aromatic N) is 1. The minimum Gasteiger partial charge on any atom is -0.395 e. The van der Waals surface area contributed by atoms with E-state index in [1.165, 1.54) is 24.8 Å². The van der Waals surface area contributed by atoms with Gasteiger partial charge in [-0.25, -0.2) is 0 Å². The Bertz CT molecular complexity index is 591. The number of ether oxygens (including phenoxy) is 1. The first-order chi connectivity index (χ1) is 12.9. The molecule has 0 saturated heterocycles. The van der Waals surface area contributed by atoms with Crippen molar-refractivity contribution >= 4 is 0 Å². The summed E-state index contributed by atoms with van der Waals surface area (Å²) in [7, 11) is 0. The summed E-state index contributed by atoms with van der Waals surface area (Å²) in [6, 6.07) is 10.2. The standard InChI is InChI=1S/C23H37NO3/c1-22(2)19-9-11-23(22,3)21(15-19)27-14-10-20(26)17-24(12-13-25)16-18-7-5-4-6-8-18/h4-8,19-21,25-26H,9-17H2,1-3H3/t19-,20-,21+,23+/m0/s1. The summed E-state index contributed by atoms with van der Waals surface area (Å²) in [4.78, 5) is 2.11. The zero-order valence-electron chi connectivity index (χ0n) is 17.2. The van der Waals surface area contributed by atoms with E-state index in [0.29, 0.717) is 37.6 Å². The summed E-state index contributed by atoms with van der Waals surface area (Å²) in [5, 5.41) is 19.8. The number of rotatable bonds is 10. The van der Waals surface area contributed by atoms with Crippen LogP contribution in [0.4, 0.5) is 0 Å². The molecule has 0 aromatic heterocycles. The molecule has 0 heterocycles. The lowest BCUT2D eigenvalue weighted by Gasteiger charge is -2.39. The Morgan fingerprint density at radius 1 is 1.22 bits per heavy atom. The first-order valence-electron chi connectivity index (χ1n) is 10.5. The van der Waals surface area contributed by atoms with E-state index >= 15 is 0 Å². The molecule has 0 aliphatic heterocycles. The van der Waals surface area contributed by atoms with Gasteiger partial charge in [0.2, 0.25) is 0 Å². The van der Waals surface area contributed by atoms with Gasteiger partial charge in [0.05, 0.1) is 18.8 Å². The lowest BCUT2D eigenvalue weighted by Crippen LogP contribution is -2.38. The molecular weight excluding hydrogens is 338 g/mol. The van der Waals surface area contributed by atoms with Gasteiger partial charge in [-0.05, 0) is 48.0 Å². The molecule has 4 heteroatoms. The average molecular weight is 376 g/mol. The summed E-state index contributed by atoms with van der Waals surface area (Å²) in [6.45, 7) is 9.80. The summed E-state index contributed by atoms with van der Waals surface area (Å²) >= 11 is 0. The monoisotopic (exact) mass is 375 g/mol. The molecule has 2 bridgehead atoms. The van der Waals surface area contributed by atoms with Crippen molar-refractivity contribution in [2.24, 2.45) is 16.7 Å². The van der Waals surface area contributed by atoms with Crippen molar-refractivity contribution in [3.63, 3.8) is 0 Å². The highest BCUT2D eigenvalue weighted by atomic mass is 16.5. The molecule has 2 aliphatic rings. The summed E-state index contributed by atoms with van der Waals surface area (Å²) in [5.41, 5.74) is 1.84. The molecule has 0 unspecified atom stereocenters. The van der Waals surface area contributed by atoms with Crippen LogP contribution < -0.4 is 0 Å². The van der Waals surface area contributed by atoms with Crippen LogP contribution in [-0.2, 0) is 11.3 Å². The molecule has 0 amide bonds. The van der Waals surface area contributed by atoms with Crippen molar-refractivity contribution in [2.45, 2.75) is 65.2 Å². The predicted molar refractivity (Wildman–Crippen MR) is 108 cm³/mol. The van der Waals surface area contributed by atoms with Crippen LogP contribution in [0.1, 0.15) is 52.0 Å². The highest BCUT2D eigenvalue weighted by Gasteiger charge is 2.61. The van der Waals surface area contributed by atoms with Crippen molar-refractivity contribution in [3.8, 4) is 0 Å². The molecule has 4 atom stereocenters. The van der Waals surface area contributed by atoms with Gasteiger partial charge >= 0.3 is 0 Å². The van der Waals surface area contributed by atoms with E-state index < -0.39 is 6.10 Å². The van der Waals surface area contributed by atoms with Crippen LogP contribution in [-0.4, -0.2) is 53.6 Å². The topological polar surface area (TPSA) is 52.9 Å². The number of fused-ring (bicyclic) bond motifs is 2. The van der Waals surface area contributed by atoms with Gasteiger partial charge in [-0.2, -0.15) is 0 Å². The summed E-state index contributed by atoms with van der Waals surface area (Å²) in [6.07, 6.45) is 4.32. The van der Waals surface area contributed by atoms with Crippen LogP contribution in [0.2, 0.25) is 0 Å². The van der Waals surface area contributed by atoms with Gasteiger partial charge in [-0.3, -0.25) is 4.90 Å². The van der Waals surface area contributed by atoms with Crippen LogP contribution in [0, 0.1) is 16.7 Å². The number of hydrogen-bond acceptors (Lipinski definition) is 4. The molecule has 2 aliphatic carbocycles. The lowest BCUT2D eigenvalue weighted by molar-refractivity contribution is -0.0566. The van der Waals surface area contributed by atoms with E-state index in [2.05, 4.69) is 37.8 Å². The second kappa shape index (κ2) is 8.60. The average Bonchev–Trinajstić information content (AvgIpc) is 2.96. The normalized spacial score (nSPS) is 30.1. The Morgan fingerprint density at radius 2 is 1.96 bits per heavy atom. The molecule has 152 valence electrons. The highest BCUT2D eigenvalue weighted by Crippen LogP contribution is 2.66. The number of aliphatic hydroxyl groups is 2. The Balaban J connectivity index is 1.44. The fraction of sp³-hybridized carbons (Fsp3) is 0.739. The molecule has 3 rings (SSSR count). The zero-order valence-corrected chi connectivity index (χ0v) is 17.2. The first kappa shape index (κ1) is 20.8. The molecular formula is C23H37NO3. The molecule has 1 aromatic carbocycles. The van der Waals surface area contributed by atoms with E-state index in [0.717, 1.165) is 12.5 Å². The van der Waals surface area contributed by atoms with Crippen LogP contribution in [0.25, 0.3) is 0 Å². The third-order valence-electron chi connectivity index (χ3n) is 7.62. The predicted octanol–water partition coefficient (Wildman–Crippen LogP) is 3.46. The van der Waals surface area contributed by atoms with Gasteiger partial charge in [0.25, 0.3) is 0 Å². The second-order valence-corrected chi connectivity index (χ2v) is 9.36. The van der Waals surface area contributed by atoms with Gasteiger partial charge in [0.15, 0.2) is 0 Å². The van der Waals surface area contributed by atoms with Crippen LogP contribution in [0.3, 0.4) is 0 Å². The number of hydrogen-bond donors (Lipinski definition) is 2. The largest absolute Gasteiger partial charge is 0.395 e. The van der Waals surface area contributed by atoms with E-state index in [-0.39, 0.29) is 12.0 Å². The Hall–Kier alpha value is -0.940. The highest BCUT2D eigenvalue weighted by molar-refractivity contribution is 5.14. The van der Waals surface area contributed by atoms with E-state index in [1.54, 1.807) is 0 Å². The fourth-order valence-electron chi connectivity index (χ4n) is 5.34. The molecule has 1 aromatic rings. The maximum atomic E-state index is 10.5. The molecule has 27 heavy (non-hydrogen) atoms. The van der Waals surface area contributed by atoms with Gasteiger partial charge < -0.3 is 14.9 Å². The minimum atomic E-state index is -0.431. The fourth-order valence-corrected chi connectivity index (χ4v) is 5.34. The van der Waals surface area contributed by atoms with Gasteiger partial charge in [-0.15, -0.1) is 0 Å². The Kier molecular flexibility index (Phi) is 6.62. The molecule has 2 fully saturated rings. The third-order valence-corrected chi connectivity index (χ3v) is 7.62. The van der Waals surface area contributed by atoms with Gasteiger partial charge in [0, 0.05) is 26.2 Å². The minimum absolute atomic E-state index is 0.104. The number of benzene rings is 1. The SMILES string of the molecule is CC1(C)[C@H]2CC[C@]1(C)[C@H](OCC[C@H](O)CN(CCO)Cc1ccccc1)C2. The molecule has 2 N–H and O–H groups in total. The molecule has 0 radical (unpaired) electrons. The van der Waals surface area contributed by atoms with E-state index in [1.807, 2.05) is 18.2 Å². The van der Waals surface area contributed by atoms with Crippen LogP contribution in [0.5, 0.6) is 0 Å². The molecule has 4 nitrogen and oxygen atoms in total.